The molecular formula is C19H19F2N3O5S. The van der Waals surface area contributed by atoms with Gasteiger partial charge in [-0.3, -0.25) is 14.2 Å². The van der Waals surface area contributed by atoms with E-state index >= 15 is 0 Å². The van der Waals surface area contributed by atoms with Crippen molar-refractivity contribution in [2.45, 2.75) is 19.6 Å². The predicted molar refractivity (Wildman–Crippen MR) is 106 cm³/mol. The highest BCUT2D eigenvalue weighted by Gasteiger charge is 2.14. The zero-order valence-corrected chi connectivity index (χ0v) is 17.0. The van der Waals surface area contributed by atoms with E-state index in [1.165, 1.54) is 43.1 Å². The van der Waals surface area contributed by atoms with Crippen molar-refractivity contribution in [3.63, 3.8) is 0 Å². The Morgan fingerprint density at radius 3 is 2.67 bits per heavy atom. The molecule has 11 heteroatoms. The van der Waals surface area contributed by atoms with Crippen molar-refractivity contribution in [1.82, 2.24) is 4.57 Å². The molecule has 0 spiro atoms. The van der Waals surface area contributed by atoms with Gasteiger partial charge < -0.3 is 19.9 Å². The summed E-state index contributed by atoms with van der Waals surface area (Å²) < 4.78 is 41.0. The minimum absolute atomic E-state index is 0.0580. The van der Waals surface area contributed by atoms with E-state index in [-0.39, 0.29) is 32.8 Å². The molecule has 0 bridgehead atoms. The molecule has 0 aliphatic heterocycles. The normalized spacial score (nSPS) is 12.6. The fourth-order valence-corrected chi connectivity index (χ4v) is 3.74. The molecule has 1 aromatic carbocycles. The van der Waals surface area contributed by atoms with Crippen LogP contribution in [0.5, 0.6) is 11.5 Å². The molecule has 1 aromatic heterocycles. The largest absolute Gasteiger partial charge is 0.493 e. The van der Waals surface area contributed by atoms with Crippen LogP contribution in [0.3, 0.4) is 0 Å². The Morgan fingerprint density at radius 1 is 1.37 bits per heavy atom. The lowest BCUT2D eigenvalue weighted by Gasteiger charge is -2.09. The average Bonchev–Trinajstić information content (AvgIpc) is 2.98. The number of carbonyl (C=O) groups is 1. The predicted octanol–water partition coefficient (Wildman–Crippen LogP) is 0.545. The van der Waals surface area contributed by atoms with Gasteiger partial charge in [0.1, 0.15) is 10.7 Å². The van der Waals surface area contributed by atoms with E-state index in [2.05, 4.69) is 4.74 Å². The van der Waals surface area contributed by atoms with Crippen molar-refractivity contribution in [2.24, 2.45) is 5.73 Å². The molecule has 2 rings (SSSR count). The van der Waals surface area contributed by atoms with Crippen LogP contribution in [0.15, 0.2) is 23.0 Å². The Morgan fingerprint density at radius 2 is 2.10 bits per heavy atom. The molecule has 2 N–H and O–H groups in total. The van der Waals surface area contributed by atoms with E-state index in [4.69, 9.17) is 15.2 Å². The van der Waals surface area contributed by atoms with Crippen molar-refractivity contribution in [3.05, 3.63) is 43.3 Å². The monoisotopic (exact) mass is 439 g/mol. The third kappa shape index (κ3) is 5.43. The number of carbonyl (C=O) groups excluding carboxylic acids is 1. The molecule has 0 aliphatic carbocycles. The second kappa shape index (κ2) is 10.5. The van der Waals surface area contributed by atoms with Crippen LogP contribution in [0, 0.1) is 11.3 Å². The zero-order valence-electron chi connectivity index (χ0n) is 16.2. The quantitative estimate of drug-likeness (QED) is 0.570. The first-order chi connectivity index (χ1) is 14.3. The summed E-state index contributed by atoms with van der Waals surface area (Å²) in [5.74, 6) is -1.04. The van der Waals surface area contributed by atoms with Gasteiger partial charge in [-0.25, -0.2) is 0 Å². The van der Waals surface area contributed by atoms with Crippen LogP contribution in [0.25, 0.3) is 11.6 Å². The van der Waals surface area contributed by atoms with E-state index in [9.17, 15) is 23.6 Å². The Hall–Kier alpha value is -3.23. The van der Waals surface area contributed by atoms with Gasteiger partial charge in [-0.1, -0.05) is 6.07 Å². The molecule has 1 heterocycles. The number of benzene rings is 1. The Labute approximate surface area is 174 Å². The number of hydrogen-bond donors (Lipinski definition) is 1. The van der Waals surface area contributed by atoms with E-state index in [1.54, 1.807) is 6.07 Å². The highest BCUT2D eigenvalue weighted by atomic mass is 32.1. The fraction of sp³-hybridized carbons (Fsp3) is 0.316. The number of hydrogen-bond acceptors (Lipinski definition) is 7. The van der Waals surface area contributed by atoms with Gasteiger partial charge in [-0.15, -0.1) is 11.3 Å². The number of nitriles is 1. The number of nitrogens with zero attached hydrogens (tertiary/aromatic N) is 2. The summed E-state index contributed by atoms with van der Waals surface area (Å²) in [4.78, 5) is 24.5. The SMILES string of the molecule is COCCCn1c(=O)/c(=C\c2ccc(OC(F)F)c(OC)c2)s/c1=C(\C#N)C(N)=O. The summed E-state index contributed by atoms with van der Waals surface area (Å²) in [5.41, 5.74) is 5.00. The number of methoxy groups -OCH3 is 2. The number of alkyl halides is 2. The van der Waals surface area contributed by atoms with Crippen molar-refractivity contribution < 1.29 is 27.8 Å². The Bertz CT molecular complexity index is 1130. The first-order valence-electron chi connectivity index (χ1n) is 8.59. The summed E-state index contributed by atoms with van der Waals surface area (Å²) in [6.07, 6.45) is 1.97. The highest BCUT2D eigenvalue weighted by molar-refractivity contribution is 7.07. The minimum atomic E-state index is -3.01. The molecule has 0 saturated heterocycles. The molecule has 0 aliphatic rings. The molecule has 0 radical (unpaired) electrons. The first kappa shape index (κ1) is 23.1. The number of primary amides is 1. The summed E-state index contributed by atoms with van der Waals surface area (Å²) in [6.45, 7) is -2.42. The lowest BCUT2D eigenvalue weighted by Crippen LogP contribution is -2.34. The van der Waals surface area contributed by atoms with Crippen molar-refractivity contribution in [2.75, 3.05) is 20.8 Å². The zero-order chi connectivity index (χ0) is 22.3. The van der Waals surface area contributed by atoms with Gasteiger partial charge in [0.25, 0.3) is 11.5 Å². The number of rotatable bonds is 9. The van der Waals surface area contributed by atoms with Gasteiger partial charge in [0, 0.05) is 20.3 Å². The third-order valence-corrected chi connectivity index (χ3v) is 5.04. The molecule has 0 atom stereocenters. The topological polar surface area (TPSA) is 117 Å². The van der Waals surface area contributed by atoms with Crippen LogP contribution in [0.2, 0.25) is 0 Å². The fourth-order valence-electron chi connectivity index (χ4n) is 2.60. The minimum Gasteiger partial charge on any atom is -0.493 e. The molecule has 30 heavy (non-hydrogen) atoms. The maximum absolute atomic E-state index is 12.9. The van der Waals surface area contributed by atoms with E-state index in [0.717, 1.165) is 11.3 Å². The first-order valence-corrected chi connectivity index (χ1v) is 9.41. The van der Waals surface area contributed by atoms with Crippen LogP contribution in [-0.4, -0.2) is 37.9 Å². The van der Waals surface area contributed by atoms with Crippen LogP contribution < -0.4 is 30.0 Å². The number of thiazole rings is 1. The number of aromatic nitrogens is 1. The lowest BCUT2D eigenvalue weighted by molar-refractivity contribution is -0.112. The van der Waals surface area contributed by atoms with Gasteiger partial charge in [0.15, 0.2) is 17.1 Å². The Balaban J connectivity index is 2.65. The number of halogens is 2. The van der Waals surface area contributed by atoms with Crippen LogP contribution >= 0.6 is 11.3 Å². The van der Waals surface area contributed by atoms with Gasteiger partial charge >= 0.3 is 6.61 Å². The summed E-state index contributed by atoms with van der Waals surface area (Å²) in [6, 6.07) is 5.92. The Kier molecular flexibility index (Phi) is 8.08. The van der Waals surface area contributed by atoms with Crippen LogP contribution in [0.4, 0.5) is 8.78 Å². The lowest BCUT2D eigenvalue weighted by atomic mass is 10.2. The maximum atomic E-state index is 12.9. The molecule has 0 fully saturated rings. The van der Waals surface area contributed by atoms with E-state index < -0.39 is 18.1 Å². The van der Waals surface area contributed by atoms with Crippen LogP contribution in [0.1, 0.15) is 12.0 Å². The molecule has 0 unspecified atom stereocenters. The number of nitrogens with two attached hydrogens (primary N) is 1. The maximum Gasteiger partial charge on any atom is 0.387 e. The standard InChI is InChI=1S/C19H19F2N3O5S/c1-27-7-3-6-24-17(26)15(30-18(24)12(10-22)16(23)25)9-11-4-5-13(29-19(20)21)14(8-11)28-2/h4-5,8-9,19H,3,6-7H2,1-2H3,(H2,23,25)/b15-9+,18-12+. The summed E-state index contributed by atoms with van der Waals surface area (Å²) in [5, 5.41) is 9.28. The van der Waals surface area contributed by atoms with Crippen molar-refractivity contribution in [1.29, 1.82) is 5.26 Å². The molecule has 0 saturated carbocycles. The van der Waals surface area contributed by atoms with Crippen molar-refractivity contribution >= 4 is 28.9 Å². The smallest absolute Gasteiger partial charge is 0.387 e. The van der Waals surface area contributed by atoms with E-state index in [0.29, 0.717) is 18.6 Å². The molecule has 160 valence electrons. The van der Waals surface area contributed by atoms with E-state index in [1.807, 2.05) is 0 Å². The summed E-state index contributed by atoms with van der Waals surface area (Å²) >= 11 is 0.930. The van der Waals surface area contributed by atoms with Gasteiger partial charge in [-0.05, 0) is 30.2 Å². The second-order valence-corrected chi connectivity index (χ2v) is 6.89. The summed E-state index contributed by atoms with van der Waals surface area (Å²) in [7, 11) is 2.81. The number of amides is 1. The van der Waals surface area contributed by atoms with Crippen molar-refractivity contribution in [3.8, 4) is 17.6 Å². The van der Waals surface area contributed by atoms with Crippen LogP contribution in [-0.2, 0) is 16.1 Å². The average molecular weight is 439 g/mol. The third-order valence-electron chi connectivity index (χ3n) is 3.91. The number of ether oxygens (including phenoxy) is 3. The molecular weight excluding hydrogens is 420 g/mol. The molecule has 1 amide bonds. The van der Waals surface area contributed by atoms with Gasteiger partial charge in [-0.2, -0.15) is 14.0 Å². The molecule has 2 aromatic rings. The van der Waals surface area contributed by atoms with Gasteiger partial charge in [0.2, 0.25) is 0 Å². The highest BCUT2D eigenvalue weighted by Crippen LogP contribution is 2.29. The second-order valence-electron chi connectivity index (χ2n) is 5.86. The molecule has 8 nitrogen and oxygen atoms in total. The van der Waals surface area contributed by atoms with Gasteiger partial charge in [0.05, 0.1) is 11.6 Å².